The monoisotopic (exact) mass is 351 g/mol. The van der Waals surface area contributed by atoms with E-state index in [2.05, 4.69) is 15.6 Å². The molecule has 1 heterocycles. The Balaban J connectivity index is 1.87. The van der Waals surface area contributed by atoms with Gasteiger partial charge in [-0.05, 0) is 24.3 Å². The highest BCUT2D eigenvalue weighted by atomic mass is 16.5. The standard InChI is InChI=1S/C19H17N3O4/c1-11(23)21-12-7-8-17(26-2)16(9-12)22-19(25)18(24)14-10-20-15-6-4-3-5-13(14)15/h3-10,20H,1-2H3,(H,21,23)(H,22,25). The van der Waals surface area contributed by atoms with E-state index < -0.39 is 11.7 Å². The zero-order valence-electron chi connectivity index (χ0n) is 14.3. The van der Waals surface area contributed by atoms with Crippen LogP contribution in [0.3, 0.4) is 0 Å². The summed E-state index contributed by atoms with van der Waals surface area (Å²) in [7, 11) is 1.45. The normalized spacial score (nSPS) is 10.4. The van der Waals surface area contributed by atoms with Gasteiger partial charge in [-0.15, -0.1) is 0 Å². The summed E-state index contributed by atoms with van der Waals surface area (Å²) in [6, 6.07) is 12.0. The fourth-order valence-electron chi connectivity index (χ4n) is 2.65. The first kappa shape index (κ1) is 17.2. The van der Waals surface area contributed by atoms with Crippen LogP contribution >= 0.6 is 0 Å². The van der Waals surface area contributed by atoms with E-state index in [0.29, 0.717) is 16.8 Å². The number of benzene rings is 2. The molecule has 0 atom stereocenters. The predicted octanol–water partition coefficient (Wildman–Crippen LogP) is 2.96. The Labute approximate surface area is 149 Å². The predicted molar refractivity (Wildman–Crippen MR) is 98.6 cm³/mol. The van der Waals surface area contributed by atoms with Crippen LogP contribution in [0.5, 0.6) is 5.75 Å². The highest BCUT2D eigenvalue weighted by molar-refractivity contribution is 6.48. The summed E-state index contributed by atoms with van der Waals surface area (Å²) in [4.78, 5) is 39.2. The number of para-hydroxylation sites is 1. The summed E-state index contributed by atoms with van der Waals surface area (Å²) in [5.41, 5.74) is 1.83. The molecule has 0 fully saturated rings. The van der Waals surface area contributed by atoms with Gasteiger partial charge in [0.25, 0.3) is 11.7 Å². The van der Waals surface area contributed by atoms with Crippen LogP contribution in [0.2, 0.25) is 0 Å². The number of nitrogens with one attached hydrogen (secondary N) is 3. The highest BCUT2D eigenvalue weighted by Crippen LogP contribution is 2.28. The second-order valence-electron chi connectivity index (χ2n) is 5.63. The largest absolute Gasteiger partial charge is 0.495 e. The summed E-state index contributed by atoms with van der Waals surface area (Å²) >= 11 is 0. The first-order valence-corrected chi connectivity index (χ1v) is 7.87. The van der Waals surface area contributed by atoms with Crippen LogP contribution in [-0.4, -0.2) is 29.7 Å². The van der Waals surface area contributed by atoms with E-state index in [1.807, 2.05) is 12.1 Å². The van der Waals surface area contributed by atoms with Gasteiger partial charge >= 0.3 is 0 Å². The summed E-state index contributed by atoms with van der Waals surface area (Å²) in [6.07, 6.45) is 1.51. The van der Waals surface area contributed by atoms with Crippen LogP contribution in [-0.2, 0) is 9.59 Å². The first-order valence-electron chi connectivity index (χ1n) is 7.87. The molecule has 0 radical (unpaired) electrons. The number of hydrogen-bond donors (Lipinski definition) is 3. The molecule has 0 spiro atoms. The summed E-state index contributed by atoms with van der Waals surface area (Å²) in [6.45, 7) is 1.38. The van der Waals surface area contributed by atoms with Gasteiger partial charge in [0.1, 0.15) is 5.75 Å². The molecule has 0 aliphatic rings. The lowest BCUT2D eigenvalue weighted by molar-refractivity contribution is -0.114. The molecule has 26 heavy (non-hydrogen) atoms. The summed E-state index contributed by atoms with van der Waals surface area (Å²) in [5.74, 6) is -1.34. The van der Waals surface area contributed by atoms with E-state index >= 15 is 0 Å². The number of methoxy groups -OCH3 is 1. The van der Waals surface area contributed by atoms with Gasteiger partial charge in [0.2, 0.25) is 5.91 Å². The second kappa shape index (κ2) is 7.10. The van der Waals surface area contributed by atoms with Gasteiger partial charge in [0, 0.05) is 29.7 Å². The Kier molecular flexibility index (Phi) is 4.70. The molecule has 1 aromatic heterocycles. The van der Waals surface area contributed by atoms with Gasteiger partial charge in [-0.1, -0.05) is 18.2 Å². The summed E-state index contributed by atoms with van der Waals surface area (Å²) < 4.78 is 5.20. The van der Waals surface area contributed by atoms with E-state index in [-0.39, 0.29) is 17.2 Å². The Morgan fingerprint density at radius 3 is 2.54 bits per heavy atom. The molecule has 0 saturated carbocycles. The molecular formula is C19H17N3O4. The number of ketones is 1. The fourth-order valence-corrected chi connectivity index (χ4v) is 2.65. The van der Waals surface area contributed by atoms with Gasteiger partial charge in [0.05, 0.1) is 18.4 Å². The Morgan fingerprint density at radius 2 is 1.81 bits per heavy atom. The van der Waals surface area contributed by atoms with Gasteiger partial charge < -0.3 is 20.4 Å². The second-order valence-corrected chi connectivity index (χ2v) is 5.63. The van der Waals surface area contributed by atoms with Gasteiger partial charge in [-0.2, -0.15) is 0 Å². The fraction of sp³-hybridized carbons (Fsp3) is 0.105. The zero-order chi connectivity index (χ0) is 18.7. The van der Waals surface area contributed by atoms with Gasteiger partial charge in [0.15, 0.2) is 0 Å². The number of ether oxygens (including phenoxy) is 1. The molecule has 7 heteroatoms. The Bertz CT molecular complexity index is 1010. The maximum atomic E-state index is 12.5. The van der Waals surface area contributed by atoms with Crippen LogP contribution in [0, 0.1) is 0 Å². The third kappa shape index (κ3) is 3.41. The molecule has 0 aliphatic carbocycles. The van der Waals surface area contributed by atoms with Crippen LogP contribution in [0.4, 0.5) is 11.4 Å². The van der Waals surface area contributed by atoms with Crippen molar-refractivity contribution in [2.45, 2.75) is 6.92 Å². The molecule has 0 saturated heterocycles. The van der Waals surface area contributed by atoms with Crippen molar-refractivity contribution in [3.8, 4) is 5.75 Å². The number of anilines is 2. The number of fused-ring (bicyclic) bond motifs is 1. The number of H-pyrrole nitrogens is 1. The van der Waals surface area contributed by atoms with Crippen molar-refractivity contribution < 1.29 is 19.1 Å². The van der Waals surface area contributed by atoms with Crippen molar-refractivity contribution in [1.82, 2.24) is 4.98 Å². The zero-order valence-corrected chi connectivity index (χ0v) is 14.3. The van der Waals surface area contributed by atoms with E-state index in [9.17, 15) is 14.4 Å². The lowest BCUT2D eigenvalue weighted by atomic mass is 10.1. The minimum atomic E-state index is -0.798. The van der Waals surface area contributed by atoms with Crippen molar-refractivity contribution in [3.63, 3.8) is 0 Å². The number of rotatable bonds is 5. The summed E-state index contributed by atoms with van der Waals surface area (Å²) in [5, 5.41) is 5.84. The molecule has 2 amide bonds. The molecule has 132 valence electrons. The number of Topliss-reactive ketones (excluding diaryl/α,β-unsaturated/α-hetero) is 1. The van der Waals surface area contributed by atoms with Crippen molar-refractivity contribution in [1.29, 1.82) is 0 Å². The molecule has 0 aliphatic heterocycles. The maximum absolute atomic E-state index is 12.5. The lowest BCUT2D eigenvalue weighted by Gasteiger charge is -2.12. The SMILES string of the molecule is COc1ccc(NC(C)=O)cc1NC(=O)C(=O)c1c[nH]c2ccccc12. The first-order chi connectivity index (χ1) is 12.5. The lowest BCUT2D eigenvalue weighted by Crippen LogP contribution is -2.23. The number of carbonyl (C=O) groups is 3. The Morgan fingerprint density at radius 1 is 1.04 bits per heavy atom. The van der Waals surface area contributed by atoms with Crippen LogP contribution in [0.1, 0.15) is 17.3 Å². The number of hydrogen-bond acceptors (Lipinski definition) is 4. The van der Waals surface area contributed by atoms with Crippen LogP contribution < -0.4 is 15.4 Å². The molecule has 7 nitrogen and oxygen atoms in total. The third-order valence-corrected chi connectivity index (χ3v) is 3.81. The number of amides is 2. The van der Waals surface area contributed by atoms with E-state index in [1.165, 1.54) is 26.3 Å². The molecular weight excluding hydrogens is 334 g/mol. The molecule has 3 aromatic rings. The number of aromatic amines is 1. The number of carbonyl (C=O) groups excluding carboxylic acids is 3. The highest BCUT2D eigenvalue weighted by Gasteiger charge is 2.21. The van der Waals surface area contributed by atoms with Crippen LogP contribution in [0.25, 0.3) is 10.9 Å². The number of aromatic nitrogens is 1. The molecule has 0 unspecified atom stereocenters. The van der Waals surface area contributed by atoms with Crippen LogP contribution in [0.15, 0.2) is 48.7 Å². The minimum Gasteiger partial charge on any atom is -0.495 e. The molecule has 3 rings (SSSR count). The maximum Gasteiger partial charge on any atom is 0.296 e. The van der Waals surface area contributed by atoms with Crippen molar-refractivity contribution in [2.75, 3.05) is 17.7 Å². The van der Waals surface area contributed by atoms with Gasteiger partial charge in [-0.25, -0.2) is 0 Å². The molecule has 2 aromatic carbocycles. The van der Waals surface area contributed by atoms with Crippen molar-refractivity contribution in [2.24, 2.45) is 0 Å². The molecule has 0 bridgehead atoms. The van der Waals surface area contributed by atoms with E-state index in [4.69, 9.17) is 4.74 Å². The smallest absolute Gasteiger partial charge is 0.296 e. The van der Waals surface area contributed by atoms with Gasteiger partial charge in [-0.3, -0.25) is 14.4 Å². The Hall–Kier alpha value is -3.61. The van der Waals surface area contributed by atoms with Crippen molar-refractivity contribution in [3.05, 3.63) is 54.2 Å². The van der Waals surface area contributed by atoms with Crippen molar-refractivity contribution >= 4 is 39.9 Å². The van der Waals surface area contributed by atoms with E-state index in [1.54, 1.807) is 24.3 Å². The third-order valence-electron chi connectivity index (χ3n) is 3.81. The topological polar surface area (TPSA) is 100 Å². The molecule has 3 N–H and O–H groups in total. The minimum absolute atomic E-state index is 0.248. The quantitative estimate of drug-likeness (QED) is 0.486. The van der Waals surface area contributed by atoms with E-state index in [0.717, 1.165) is 5.52 Å². The average Bonchev–Trinajstić information content (AvgIpc) is 3.05. The average molecular weight is 351 g/mol.